The molecular formula is C18H22BrFNO2+. The van der Waals surface area contributed by atoms with Crippen LogP contribution < -0.4 is 14.8 Å². The van der Waals surface area contributed by atoms with Crippen molar-refractivity contribution in [2.24, 2.45) is 0 Å². The molecular weight excluding hydrogens is 361 g/mol. The Labute approximate surface area is 144 Å². The van der Waals surface area contributed by atoms with Gasteiger partial charge in [-0.1, -0.05) is 12.1 Å². The molecule has 0 atom stereocenters. The van der Waals surface area contributed by atoms with Crippen molar-refractivity contribution in [3.05, 3.63) is 57.8 Å². The minimum atomic E-state index is -0.190. The van der Waals surface area contributed by atoms with E-state index in [0.717, 1.165) is 41.0 Å². The summed E-state index contributed by atoms with van der Waals surface area (Å²) < 4.78 is 24.8. The average molecular weight is 383 g/mol. The number of methoxy groups -OCH3 is 1. The summed E-state index contributed by atoms with van der Waals surface area (Å²) in [5, 5.41) is 2.23. The van der Waals surface area contributed by atoms with Crippen LogP contribution >= 0.6 is 15.9 Å². The van der Waals surface area contributed by atoms with Gasteiger partial charge in [0.05, 0.1) is 24.7 Å². The number of ether oxygens (including phenoxy) is 2. The molecule has 0 heterocycles. The van der Waals surface area contributed by atoms with Crippen molar-refractivity contribution >= 4 is 15.9 Å². The van der Waals surface area contributed by atoms with Crippen molar-refractivity contribution < 1.29 is 19.2 Å². The molecule has 2 aromatic carbocycles. The molecule has 0 radical (unpaired) electrons. The first-order valence-corrected chi connectivity index (χ1v) is 8.48. The zero-order chi connectivity index (χ0) is 16.7. The molecule has 2 aromatic rings. The number of hydrogen-bond donors (Lipinski definition) is 1. The fraction of sp³-hybridized carbons (Fsp3) is 0.333. The Morgan fingerprint density at radius 3 is 2.52 bits per heavy atom. The monoisotopic (exact) mass is 382 g/mol. The van der Waals surface area contributed by atoms with Crippen LogP contribution in [-0.4, -0.2) is 20.3 Å². The first-order valence-electron chi connectivity index (χ1n) is 7.69. The molecule has 23 heavy (non-hydrogen) atoms. The normalized spacial score (nSPS) is 10.6. The van der Waals surface area contributed by atoms with E-state index in [1.165, 1.54) is 17.7 Å². The summed E-state index contributed by atoms with van der Waals surface area (Å²) in [5.74, 6) is 1.29. The third kappa shape index (κ3) is 5.22. The van der Waals surface area contributed by atoms with Gasteiger partial charge < -0.3 is 14.8 Å². The van der Waals surface area contributed by atoms with E-state index < -0.39 is 0 Å². The highest BCUT2D eigenvalue weighted by Gasteiger charge is 2.11. The lowest BCUT2D eigenvalue weighted by atomic mass is 10.1. The second-order valence-electron chi connectivity index (χ2n) is 5.20. The zero-order valence-electron chi connectivity index (χ0n) is 13.4. The van der Waals surface area contributed by atoms with Crippen LogP contribution in [0.3, 0.4) is 0 Å². The molecule has 3 nitrogen and oxygen atoms in total. The summed E-state index contributed by atoms with van der Waals surface area (Å²) >= 11 is 3.53. The Morgan fingerprint density at radius 1 is 1.13 bits per heavy atom. The van der Waals surface area contributed by atoms with Gasteiger partial charge in [-0.15, -0.1) is 0 Å². The van der Waals surface area contributed by atoms with Crippen LogP contribution in [0, 0.1) is 5.82 Å². The lowest BCUT2D eigenvalue weighted by molar-refractivity contribution is -0.670. The Hall–Kier alpha value is -1.59. The summed E-state index contributed by atoms with van der Waals surface area (Å²) in [7, 11) is 1.64. The van der Waals surface area contributed by atoms with E-state index in [2.05, 4.69) is 27.3 Å². The standard InChI is InChI=1S/C18H21BrFNO2/c1-3-23-17-11-14(10-16(19)18(17)22-2)12-21-9-8-13-4-6-15(20)7-5-13/h4-7,10-11,21H,3,8-9,12H2,1-2H3/p+1. The number of rotatable bonds is 8. The largest absolute Gasteiger partial charge is 0.492 e. The first-order chi connectivity index (χ1) is 11.1. The van der Waals surface area contributed by atoms with Crippen molar-refractivity contribution in [3.8, 4) is 11.5 Å². The Kier molecular flexibility index (Phi) is 6.86. The fourth-order valence-corrected chi connectivity index (χ4v) is 3.04. The highest BCUT2D eigenvalue weighted by atomic mass is 79.9. The van der Waals surface area contributed by atoms with E-state index in [-0.39, 0.29) is 5.82 Å². The summed E-state index contributed by atoms with van der Waals surface area (Å²) in [4.78, 5) is 0. The molecule has 0 aliphatic heterocycles. The number of halogens is 2. The molecule has 0 aliphatic carbocycles. The summed E-state index contributed by atoms with van der Waals surface area (Å²) in [5.41, 5.74) is 2.31. The van der Waals surface area contributed by atoms with Gasteiger partial charge in [0.15, 0.2) is 11.5 Å². The van der Waals surface area contributed by atoms with Crippen molar-refractivity contribution in [2.75, 3.05) is 20.3 Å². The zero-order valence-corrected chi connectivity index (χ0v) is 15.0. The topological polar surface area (TPSA) is 35.1 Å². The van der Waals surface area contributed by atoms with E-state index in [4.69, 9.17) is 9.47 Å². The van der Waals surface area contributed by atoms with Gasteiger partial charge in [0.25, 0.3) is 0 Å². The van der Waals surface area contributed by atoms with Crippen LogP contribution in [0.25, 0.3) is 0 Å². The molecule has 0 bridgehead atoms. The highest BCUT2D eigenvalue weighted by molar-refractivity contribution is 9.10. The van der Waals surface area contributed by atoms with Crippen molar-refractivity contribution in [1.29, 1.82) is 0 Å². The van der Waals surface area contributed by atoms with E-state index in [1.807, 2.05) is 25.1 Å². The quantitative estimate of drug-likeness (QED) is 0.710. The molecule has 0 unspecified atom stereocenters. The van der Waals surface area contributed by atoms with E-state index in [9.17, 15) is 4.39 Å². The van der Waals surface area contributed by atoms with Gasteiger partial charge in [0, 0.05) is 12.0 Å². The van der Waals surface area contributed by atoms with Crippen molar-refractivity contribution in [1.82, 2.24) is 0 Å². The predicted molar refractivity (Wildman–Crippen MR) is 92.5 cm³/mol. The molecule has 2 N–H and O–H groups in total. The lowest BCUT2D eigenvalue weighted by Crippen LogP contribution is -2.83. The number of hydrogen-bond acceptors (Lipinski definition) is 2. The van der Waals surface area contributed by atoms with Gasteiger partial charge in [-0.05, 0) is 52.7 Å². The van der Waals surface area contributed by atoms with Crippen molar-refractivity contribution in [3.63, 3.8) is 0 Å². The molecule has 0 amide bonds. The molecule has 0 spiro atoms. The first kappa shape index (κ1) is 17.8. The lowest BCUT2D eigenvalue weighted by Gasteiger charge is -2.13. The molecule has 0 saturated heterocycles. The average Bonchev–Trinajstić information content (AvgIpc) is 2.53. The van der Waals surface area contributed by atoms with Crippen LogP contribution in [0.5, 0.6) is 11.5 Å². The van der Waals surface area contributed by atoms with Gasteiger partial charge in [0.1, 0.15) is 12.4 Å². The Bertz CT molecular complexity index is 632. The second kappa shape index (κ2) is 8.89. The van der Waals surface area contributed by atoms with Gasteiger partial charge >= 0.3 is 0 Å². The summed E-state index contributed by atoms with van der Waals surface area (Å²) in [6.45, 7) is 4.35. The van der Waals surface area contributed by atoms with Crippen LogP contribution in [0.1, 0.15) is 18.1 Å². The van der Waals surface area contributed by atoms with Gasteiger partial charge in [-0.3, -0.25) is 0 Å². The molecule has 2 rings (SSSR count). The third-order valence-corrected chi connectivity index (χ3v) is 4.09. The summed E-state index contributed by atoms with van der Waals surface area (Å²) in [6.07, 6.45) is 0.913. The van der Waals surface area contributed by atoms with Gasteiger partial charge in [0.2, 0.25) is 0 Å². The van der Waals surface area contributed by atoms with Gasteiger partial charge in [-0.2, -0.15) is 0 Å². The maximum atomic E-state index is 12.9. The molecule has 0 aromatic heterocycles. The number of quaternary nitrogens is 1. The second-order valence-corrected chi connectivity index (χ2v) is 6.05. The van der Waals surface area contributed by atoms with Crippen molar-refractivity contribution in [2.45, 2.75) is 19.9 Å². The minimum absolute atomic E-state index is 0.190. The maximum Gasteiger partial charge on any atom is 0.174 e. The van der Waals surface area contributed by atoms with E-state index in [1.54, 1.807) is 7.11 Å². The number of nitrogens with two attached hydrogens (primary N) is 1. The van der Waals surface area contributed by atoms with Crippen LogP contribution in [0.15, 0.2) is 40.9 Å². The Balaban J connectivity index is 1.91. The van der Waals surface area contributed by atoms with Crippen LogP contribution in [0.2, 0.25) is 0 Å². The molecule has 5 heteroatoms. The van der Waals surface area contributed by atoms with E-state index >= 15 is 0 Å². The molecule has 0 aliphatic rings. The fourth-order valence-electron chi connectivity index (χ4n) is 2.39. The third-order valence-electron chi connectivity index (χ3n) is 3.50. The summed E-state index contributed by atoms with van der Waals surface area (Å²) in [6, 6.07) is 10.7. The smallest absolute Gasteiger partial charge is 0.174 e. The SMILES string of the molecule is CCOc1cc(C[NH2+]CCc2ccc(F)cc2)cc(Br)c1OC. The van der Waals surface area contributed by atoms with Gasteiger partial charge in [-0.25, -0.2) is 4.39 Å². The molecule has 124 valence electrons. The minimum Gasteiger partial charge on any atom is -0.492 e. The Morgan fingerprint density at radius 2 is 1.87 bits per heavy atom. The highest BCUT2D eigenvalue weighted by Crippen LogP contribution is 2.36. The molecule has 0 fully saturated rings. The van der Waals surface area contributed by atoms with Crippen LogP contribution in [0.4, 0.5) is 4.39 Å². The van der Waals surface area contributed by atoms with E-state index in [0.29, 0.717) is 6.61 Å². The molecule has 0 saturated carbocycles. The van der Waals surface area contributed by atoms with Crippen LogP contribution in [-0.2, 0) is 13.0 Å². The predicted octanol–water partition coefficient (Wildman–Crippen LogP) is 3.30. The maximum absolute atomic E-state index is 12.9. The number of benzene rings is 2.